The molecule has 92 heavy (non-hydrogen) atoms. The highest BCUT2D eigenvalue weighted by molar-refractivity contribution is 7.47. The summed E-state index contributed by atoms with van der Waals surface area (Å²) in [6.07, 6.45) is 112. The lowest BCUT2D eigenvalue weighted by atomic mass is 10.1. The van der Waals surface area contributed by atoms with Crippen LogP contribution >= 0.6 is 7.82 Å². The molecule has 0 aromatic heterocycles. The first-order valence-electron chi connectivity index (χ1n) is 35.5. The Morgan fingerprint density at radius 2 is 0.587 bits per heavy atom. The number of hydrogen-bond acceptors (Lipinski definition) is 7. The van der Waals surface area contributed by atoms with Crippen molar-refractivity contribution in [1.82, 2.24) is 0 Å². The Balaban J connectivity index is 4.23. The Kier molecular flexibility index (Phi) is 65.4. The van der Waals surface area contributed by atoms with Gasteiger partial charge < -0.3 is 18.9 Å². The van der Waals surface area contributed by atoms with Crippen LogP contribution in [0.4, 0.5) is 0 Å². The van der Waals surface area contributed by atoms with E-state index in [0.717, 1.165) is 167 Å². The molecule has 0 aliphatic rings. The summed E-state index contributed by atoms with van der Waals surface area (Å²) in [6.45, 7) is 4.13. The number of hydrogen-bond donors (Lipinski definition) is 1. The number of allylic oxidation sites excluding steroid dienone is 36. The first-order valence-corrected chi connectivity index (χ1v) is 37.0. The van der Waals surface area contributed by atoms with Gasteiger partial charge in [-0.15, -0.1) is 0 Å². The maximum atomic E-state index is 12.9. The molecule has 0 aromatic rings. The third kappa shape index (κ3) is 73.4. The van der Waals surface area contributed by atoms with E-state index >= 15 is 0 Å². The monoisotopic (exact) mass is 1290 g/mol. The van der Waals surface area contributed by atoms with E-state index in [1.54, 1.807) is 0 Å². The zero-order chi connectivity index (χ0) is 66.9. The van der Waals surface area contributed by atoms with E-state index in [9.17, 15) is 19.0 Å². The highest BCUT2D eigenvalue weighted by Crippen LogP contribution is 2.43. The van der Waals surface area contributed by atoms with Gasteiger partial charge in [-0.3, -0.25) is 18.6 Å². The van der Waals surface area contributed by atoms with E-state index in [4.69, 9.17) is 18.5 Å². The van der Waals surface area contributed by atoms with Crippen LogP contribution in [0.25, 0.3) is 0 Å². The zero-order valence-corrected chi connectivity index (χ0v) is 59.3. The molecule has 9 nitrogen and oxygen atoms in total. The molecular formula is C82H129NO8P+. The van der Waals surface area contributed by atoms with Crippen LogP contribution in [0.15, 0.2) is 219 Å². The highest BCUT2D eigenvalue weighted by atomic mass is 31.2. The minimum atomic E-state index is -4.42. The topological polar surface area (TPSA) is 108 Å². The number of ether oxygens (including phenoxy) is 2. The summed E-state index contributed by atoms with van der Waals surface area (Å²) in [5.41, 5.74) is 0. The van der Waals surface area contributed by atoms with E-state index in [0.29, 0.717) is 23.9 Å². The van der Waals surface area contributed by atoms with Crippen molar-refractivity contribution in [1.29, 1.82) is 0 Å². The van der Waals surface area contributed by atoms with E-state index in [1.807, 2.05) is 21.1 Å². The number of likely N-dealkylation sites (N-methyl/N-ethyl adjacent to an activating group) is 1. The van der Waals surface area contributed by atoms with Crippen molar-refractivity contribution < 1.29 is 42.1 Å². The summed E-state index contributed by atoms with van der Waals surface area (Å²) < 4.78 is 34.7. The number of nitrogens with zero attached hydrogens (tertiary/aromatic N) is 1. The number of phosphoric ester groups is 1. The van der Waals surface area contributed by atoms with Crippen LogP contribution in [-0.2, 0) is 32.7 Å². The summed E-state index contributed by atoms with van der Waals surface area (Å²) in [7, 11) is 1.42. The molecule has 0 spiro atoms. The van der Waals surface area contributed by atoms with E-state index in [-0.39, 0.29) is 26.1 Å². The number of phosphoric acid groups is 1. The van der Waals surface area contributed by atoms with E-state index in [1.165, 1.54) is 25.7 Å². The van der Waals surface area contributed by atoms with Gasteiger partial charge in [-0.2, -0.15) is 0 Å². The van der Waals surface area contributed by atoms with Crippen molar-refractivity contribution in [3.8, 4) is 0 Å². The predicted molar refractivity (Wildman–Crippen MR) is 398 cm³/mol. The highest BCUT2D eigenvalue weighted by Gasteiger charge is 2.27. The molecule has 0 saturated carbocycles. The zero-order valence-electron chi connectivity index (χ0n) is 58.4. The number of esters is 2. The SMILES string of the molecule is CC/C=C\C/C=C\C/C=C\C/C=C\C/C=C\C/C=C\C/C=C\C/C=C\C/C=C\C/C=C\CCCCCCC(=O)OC(COC(=O)CCCCCCCCCC/C=C\C/C=C\C/C=C\C/C=C\C/C=C\C/C=C\C/C=C\C/C=C\CC)COP(=O)(O)OCC[N+](C)(C)C. The van der Waals surface area contributed by atoms with Gasteiger partial charge in [0.2, 0.25) is 0 Å². The van der Waals surface area contributed by atoms with Gasteiger partial charge >= 0.3 is 19.8 Å². The normalized spacial score (nSPS) is 14.5. The smallest absolute Gasteiger partial charge is 0.462 e. The Bertz CT molecular complexity index is 2360. The van der Waals surface area contributed by atoms with Crippen molar-refractivity contribution in [3.05, 3.63) is 219 Å². The first kappa shape index (κ1) is 86.3. The second-order valence-electron chi connectivity index (χ2n) is 23.8. The van der Waals surface area contributed by atoms with Gasteiger partial charge in [-0.05, 0) is 154 Å². The summed E-state index contributed by atoms with van der Waals surface area (Å²) in [6, 6.07) is 0. The lowest BCUT2D eigenvalue weighted by molar-refractivity contribution is -0.870. The van der Waals surface area contributed by atoms with Gasteiger partial charge in [0.15, 0.2) is 6.10 Å². The summed E-state index contributed by atoms with van der Waals surface area (Å²) >= 11 is 0. The fourth-order valence-corrected chi connectivity index (χ4v) is 9.39. The van der Waals surface area contributed by atoms with Gasteiger partial charge in [-0.25, -0.2) is 4.57 Å². The van der Waals surface area contributed by atoms with Crippen LogP contribution in [0, 0.1) is 0 Å². The molecule has 2 atom stereocenters. The van der Waals surface area contributed by atoms with Crippen LogP contribution in [0.1, 0.15) is 232 Å². The fourth-order valence-electron chi connectivity index (χ4n) is 8.65. The Morgan fingerprint density at radius 3 is 0.870 bits per heavy atom. The third-order valence-corrected chi connectivity index (χ3v) is 15.0. The molecule has 1 N–H and O–H groups in total. The minimum Gasteiger partial charge on any atom is -0.462 e. The summed E-state index contributed by atoms with van der Waals surface area (Å²) in [5.74, 6) is -0.854. The number of unbranched alkanes of at least 4 members (excludes halogenated alkanes) is 12. The van der Waals surface area contributed by atoms with E-state index in [2.05, 4.69) is 233 Å². The average Bonchev–Trinajstić information content (AvgIpc) is 2.14. The molecule has 0 rings (SSSR count). The van der Waals surface area contributed by atoms with E-state index < -0.39 is 32.5 Å². The largest absolute Gasteiger partial charge is 0.472 e. The molecular weight excluding hydrogens is 1160 g/mol. The van der Waals surface area contributed by atoms with Crippen LogP contribution < -0.4 is 0 Å². The van der Waals surface area contributed by atoms with Gasteiger partial charge in [0.25, 0.3) is 0 Å². The third-order valence-electron chi connectivity index (χ3n) is 14.0. The predicted octanol–water partition coefficient (Wildman–Crippen LogP) is 23.6. The lowest BCUT2D eigenvalue weighted by Crippen LogP contribution is -2.37. The van der Waals surface area contributed by atoms with Gasteiger partial charge in [-0.1, -0.05) is 284 Å². The number of rotatable bonds is 62. The van der Waals surface area contributed by atoms with Crippen LogP contribution in [0.5, 0.6) is 0 Å². The van der Waals surface area contributed by atoms with Crippen molar-refractivity contribution >= 4 is 19.8 Å². The molecule has 0 radical (unpaired) electrons. The fraction of sp³-hybridized carbons (Fsp3) is 0.537. The molecule has 0 amide bonds. The molecule has 2 unspecified atom stereocenters. The standard InChI is InChI=1S/C82H128NO8P/c1-6-8-10-12-14-16-18-20-22-24-26-28-30-32-34-36-38-40-41-43-45-47-49-51-53-55-57-59-61-63-65-67-69-71-73-75-82(85)91-80(79-90-92(86,87)89-77-76-83(3,4)5)78-88-81(84)74-72-70-68-66-64-62-60-58-56-54-52-50-48-46-44-42-39-37-35-33-31-29-27-25-23-21-19-17-15-13-11-9-7-2/h8-11,14-17,20-23,26-29,32-35,38-40,42-43,45-46,48-49,51-52,54-55,57,61,63,80H,6-7,12-13,18-19,24-25,30-31,36-37,41,44,47,50,53,56,58-60,62,64-79H2,1-5H3/p+1/b10-8-,11-9-,16-14-,17-15-,22-20-,23-21-,28-26-,29-27-,34-32-,35-33-,40-38-,42-39-,45-43-,48-46-,51-49-,54-52-,57-55-,63-61-. The van der Waals surface area contributed by atoms with Gasteiger partial charge in [0.1, 0.15) is 19.8 Å². The summed E-state index contributed by atoms with van der Waals surface area (Å²) in [5, 5.41) is 0. The van der Waals surface area contributed by atoms with Gasteiger partial charge in [0.05, 0.1) is 27.7 Å². The average molecular weight is 1290 g/mol. The molecule has 0 aliphatic heterocycles. The molecule has 10 heteroatoms. The van der Waals surface area contributed by atoms with Crippen LogP contribution in [0.3, 0.4) is 0 Å². The Labute approximate surface area is 563 Å². The number of carbonyl (C=O) groups is 2. The molecule has 0 saturated heterocycles. The second-order valence-corrected chi connectivity index (χ2v) is 25.3. The Morgan fingerprint density at radius 1 is 0.337 bits per heavy atom. The van der Waals surface area contributed by atoms with Crippen molar-refractivity contribution in [2.24, 2.45) is 0 Å². The summed E-state index contributed by atoms with van der Waals surface area (Å²) in [4.78, 5) is 35.9. The molecule has 0 aromatic carbocycles. The van der Waals surface area contributed by atoms with Crippen molar-refractivity contribution in [2.45, 2.75) is 238 Å². The lowest BCUT2D eigenvalue weighted by Gasteiger charge is -2.24. The number of quaternary nitrogens is 1. The maximum Gasteiger partial charge on any atom is 0.472 e. The molecule has 0 bridgehead atoms. The van der Waals surface area contributed by atoms with Crippen molar-refractivity contribution in [2.75, 3.05) is 47.5 Å². The van der Waals surface area contributed by atoms with Crippen LogP contribution in [0.2, 0.25) is 0 Å². The second kappa shape index (κ2) is 69.7. The quantitative estimate of drug-likeness (QED) is 0.0211. The first-order chi connectivity index (χ1) is 45.0. The molecule has 0 heterocycles. The van der Waals surface area contributed by atoms with Crippen molar-refractivity contribution in [3.63, 3.8) is 0 Å². The molecule has 514 valence electrons. The molecule has 0 aliphatic carbocycles. The Hall–Kier alpha value is -5.67. The maximum absolute atomic E-state index is 12.9. The van der Waals surface area contributed by atoms with Gasteiger partial charge in [0, 0.05) is 12.8 Å². The molecule has 0 fully saturated rings. The minimum absolute atomic E-state index is 0.0120. The number of carbonyl (C=O) groups excluding carboxylic acids is 2. The van der Waals surface area contributed by atoms with Crippen LogP contribution in [-0.4, -0.2) is 74.9 Å².